The summed E-state index contributed by atoms with van der Waals surface area (Å²) in [6.45, 7) is 9.37. The summed E-state index contributed by atoms with van der Waals surface area (Å²) in [6.07, 6.45) is 0.240. The van der Waals surface area contributed by atoms with Crippen molar-refractivity contribution in [1.29, 1.82) is 0 Å². The molecule has 0 unspecified atom stereocenters. The van der Waals surface area contributed by atoms with Crippen LogP contribution in [-0.4, -0.2) is 36.6 Å². The summed E-state index contributed by atoms with van der Waals surface area (Å²) >= 11 is 6.50. The first-order valence-corrected chi connectivity index (χ1v) is 9.72. The molecule has 0 saturated carbocycles. The van der Waals surface area contributed by atoms with Crippen LogP contribution >= 0.6 is 11.6 Å². The largest absolute Gasteiger partial charge is 0.508 e. The van der Waals surface area contributed by atoms with Gasteiger partial charge in [0.25, 0.3) is 5.91 Å². The molecule has 2 rings (SSSR count). The van der Waals surface area contributed by atoms with E-state index in [-0.39, 0.29) is 36.2 Å². The van der Waals surface area contributed by atoms with E-state index >= 15 is 4.39 Å². The first kappa shape index (κ1) is 22.8. The van der Waals surface area contributed by atoms with Crippen molar-refractivity contribution in [2.75, 3.05) is 20.7 Å². The van der Waals surface area contributed by atoms with Gasteiger partial charge in [0.2, 0.25) is 0 Å². The number of amides is 1. The van der Waals surface area contributed by atoms with E-state index in [9.17, 15) is 9.90 Å². The monoisotopic (exact) mass is 419 g/mol. The molecule has 2 aromatic rings. The van der Waals surface area contributed by atoms with E-state index in [0.29, 0.717) is 21.9 Å². The molecular weight excluding hydrogens is 393 g/mol. The molecule has 0 aromatic heterocycles. The third kappa shape index (κ3) is 5.30. The number of hydrogen-bond donors (Lipinski definition) is 1. The van der Waals surface area contributed by atoms with Crippen molar-refractivity contribution >= 4 is 23.1 Å². The molecule has 2 aromatic carbocycles. The van der Waals surface area contributed by atoms with Crippen molar-refractivity contribution in [3.8, 4) is 11.5 Å². The number of allylic oxidation sites excluding steroid dienone is 1. The standard InChI is InChI=1S/C23H27ClFNO3/c1-13(2)17-10-16(29-12-21(28)26(5)6)11-19(24)18(17)9-15-7-8-20(27)22(14(3)4)23(15)25/h7-8,10-11,14,27H,1,9,12H2,2-6H3. The highest BCUT2D eigenvalue weighted by molar-refractivity contribution is 6.31. The number of phenols is 1. The maximum Gasteiger partial charge on any atom is 0.259 e. The molecule has 0 atom stereocenters. The maximum absolute atomic E-state index is 15.0. The SMILES string of the molecule is C=C(C)c1cc(OCC(=O)N(C)C)cc(Cl)c1Cc1ccc(O)c(C(C)C)c1F. The molecule has 0 heterocycles. The average molecular weight is 420 g/mol. The summed E-state index contributed by atoms with van der Waals surface area (Å²) in [5.74, 6) is -0.367. The molecule has 0 bridgehead atoms. The second-order valence-corrected chi connectivity index (χ2v) is 8.00. The number of likely N-dealkylation sites (N-methyl/N-ethyl adjacent to an activating group) is 1. The molecule has 1 N–H and O–H groups in total. The molecule has 156 valence electrons. The van der Waals surface area contributed by atoms with Crippen LogP contribution in [0.2, 0.25) is 5.02 Å². The van der Waals surface area contributed by atoms with E-state index in [1.54, 1.807) is 32.3 Å². The smallest absolute Gasteiger partial charge is 0.259 e. The summed E-state index contributed by atoms with van der Waals surface area (Å²) in [5, 5.41) is 10.4. The van der Waals surface area contributed by atoms with E-state index < -0.39 is 5.82 Å². The van der Waals surface area contributed by atoms with Crippen LogP contribution in [0.15, 0.2) is 30.8 Å². The molecule has 4 nitrogen and oxygen atoms in total. The predicted molar refractivity (Wildman–Crippen MR) is 115 cm³/mol. The van der Waals surface area contributed by atoms with E-state index in [4.69, 9.17) is 16.3 Å². The number of phenolic OH excluding ortho intramolecular Hbond substituents is 1. The third-order valence-electron chi connectivity index (χ3n) is 4.67. The van der Waals surface area contributed by atoms with Crippen molar-refractivity contribution in [2.45, 2.75) is 33.1 Å². The topological polar surface area (TPSA) is 49.8 Å². The molecule has 0 aliphatic heterocycles. The highest BCUT2D eigenvalue weighted by atomic mass is 35.5. The van der Waals surface area contributed by atoms with Gasteiger partial charge in [-0.15, -0.1) is 0 Å². The minimum atomic E-state index is -0.430. The first-order chi connectivity index (χ1) is 13.5. The van der Waals surface area contributed by atoms with E-state index in [1.165, 1.54) is 11.0 Å². The fraction of sp³-hybridized carbons (Fsp3) is 0.348. The molecule has 29 heavy (non-hydrogen) atoms. The van der Waals surface area contributed by atoms with Crippen LogP contribution in [0.4, 0.5) is 4.39 Å². The van der Waals surface area contributed by atoms with Gasteiger partial charge < -0.3 is 14.7 Å². The number of carbonyl (C=O) groups excluding carboxylic acids is 1. The molecule has 1 amide bonds. The summed E-state index contributed by atoms with van der Waals surface area (Å²) in [7, 11) is 3.30. The van der Waals surface area contributed by atoms with Crippen molar-refractivity contribution in [3.63, 3.8) is 0 Å². The fourth-order valence-electron chi connectivity index (χ4n) is 3.03. The van der Waals surface area contributed by atoms with Crippen molar-refractivity contribution < 1.29 is 19.0 Å². The van der Waals surface area contributed by atoms with Crippen LogP contribution in [0.1, 0.15) is 48.9 Å². The van der Waals surface area contributed by atoms with Crippen molar-refractivity contribution in [3.05, 3.63) is 63.9 Å². The Morgan fingerprint density at radius 2 is 1.97 bits per heavy atom. The molecule has 0 aliphatic rings. The van der Waals surface area contributed by atoms with Crippen molar-refractivity contribution in [1.82, 2.24) is 4.90 Å². The average Bonchev–Trinajstić information content (AvgIpc) is 2.62. The molecule has 0 saturated heterocycles. The second kappa shape index (κ2) is 9.31. The zero-order valence-corrected chi connectivity index (χ0v) is 18.2. The van der Waals surface area contributed by atoms with Crippen LogP contribution in [0.25, 0.3) is 5.57 Å². The first-order valence-electron chi connectivity index (χ1n) is 9.34. The second-order valence-electron chi connectivity index (χ2n) is 7.59. The highest BCUT2D eigenvalue weighted by Gasteiger charge is 2.19. The van der Waals surface area contributed by atoms with Crippen LogP contribution in [-0.2, 0) is 11.2 Å². The Bertz CT molecular complexity index is 938. The summed E-state index contributed by atoms with van der Waals surface area (Å²) in [4.78, 5) is 13.2. The highest BCUT2D eigenvalue weighted by Crippen LogP contribution is 2.35. The van der Waals surface area contributed by atoms with Crippen LogP contribution in [0.3, 0.4) is 0 Å². The summed E-state index contributed by atoms with van der Waals surface area (Å²) < 4.78 is 20.6. The summed E-state index contributed by atoms with van der Waals surface area (Å²) in [6, 6.07) is 6.45. The number of rotatable bonds is 7. The van der Waals surface area contributed by atoms with Gasteiger partial charge in [0.15, 0.2) is 6.61 Å². The number of halogens is 2. The fourth-order valence-corrected chi connectivity index (χ4v) is 3.31. The van der Waals surface area contributed by atoms with Gasteiger partial charge in [-0.05, 0) is 47.7 Å². The molecule has 0 spiro atoms. The van der Waals surface area contributed by atoms with E-state index in [2.05, 4.69) is 6.58 Å². The van der Waals surface area contributed by atoms with Gasteiger partial charge in [-0.3, -0.25) is 4.79 Å². The molecule has 0 fully saturated rings. The number of benzene rings is 2. The van der Waals surface area contributed by atoms with Gasteiger partial charge in [0.1, 0.15) is 17.3 Å². The van der Waals surface area contributed by atoms with Gasteiger partial charge in [0.05, 0.1) is 0 Å². The van der Waals surface area contributed by atoms with Crippen LogP contribution in [0.5, 0.6) is 11.5 Å². The Morgan fingerprint density at radius 3 is 2.52 bits per heavy atom. The Balaban J connectivity index is 2.42. The van der Waals surface area contributed by atoms with Gasteiger partial charge in [-0.25, -0.2) is 4.39 Å². The normalized spacial score (nSPS) is 10.9. The van der Waals surface area contributed by atoms with Crippen molar-refractivity contribution in [2.24, 2.45) is 0 Å². The molecular formula is C23H27ClFNO3. The van der Waals surface area contributed by atoms with E-state index in [0.717, 1.165) is 11.1 Å². The van der Waals surface area contributed by atoms with Gasteiger partial charge >= 0.3 is 0 Å². The minimum Gasteiger partial charge on any atom is -0.508 e. The lowest BCUT2D eigenvalue weighted by Gasteiger charge is -2.18. The van der Waals surface area contributed by atoms with Gasteiger partial charge in [-0.1, -0.05) is 43.7 Å². The maximum atomic E-state index is 15.0. The predicted octanol–water partition coefficient (Wildman–Crippen LogP) is 5.40. The molecule has 0 aliphatic carbocycles. The Morgan fingerprint density at radius 1 is 1.31 bits per heavy atom. The molecule has 0 radical (unpaired) electrons. The van der Waals surface area contributed by atoms with Crippen LogP contribution in [0, 0.1) is 5.82 Å². The zero-order chi connectivity index (χ0) is 21.9. The minimum absolute atomic E-state index is 0.0539. The number of carbonyl (C=O) groups is 1. The van der Waals surface area contributed by atoms with Crippen LogP contribution < -0.4 is 4.74 Å². The van der Waals surface area contributed by atoms with E-state index in [1.807, 2.05) is 20.8 Å². The molecule has 6 heteroatoms. The lowest BCUT2D eigenvalue weighted by molar-refractivity contribution is -0.130. The van der Waals surface area contributed by atoms with Gasteiger partial charge in [-0.2, -0.15) is 0 Å². The number of ether oxygens (including phenoxy) is 1. The lowest BCUT2D eigenvalue weighted by atomic mass is 9.92. The lowest BCUT2D eigenvalue weighted by Crippen LogP contribution is -2.27. The summed E-state index contributed by atoms with van der Waals surface area (Å²) in [5.41, 5.74) is 2.92. The van der Waals surface area contributed by atoms with Gasteiger partial charge in [0, 0.05) is 31.1 Å². The Hall–Kier alpha value is -2.53. The zero-order valence-electron chi connectivity index (χ0n) is 17.5. The number of hydrogen-bond acceptors (Lipinski definition) is 3. The quantitative estimate of drug-likeness (QED) is 0.653. The number of aromatic hydroxyl groups is 1. The Kier molecular flexibility index (Phi) is 7.31. The Labute approximate surface area is 176 Å². The third-order valence-corrected chi connectivity index (χ3v) is 5.01. The number of nitrogens with zero attached hydrogens (tertiary/aromatic N) is 1.